The van der Waals surface area contributed by atoms with Crippen LogP contribution in [0.15, 0.2) is 18.2 Å². The van der Waals surface area contributed by atoms with Crippen molar-refractivity contribution in [3.05, 3.63) is 29.3 Å². The van der Waals surface area contributed by atoms with Crippen molar-refractivity contribution in [2.75, 3.05) is 5.32 Å². The predicted octanol–water partition coefficient (Wildman–Crippen LogP) is 1.77. The lowest BCUT2D eigenvalue weighted by atomic mass is 9.88. The molecular formula is C15H18N2O3. The Kier molecular flexibility index (Phi) is 3.22. The minimum Gasteiger partial charge on any atom is -0.478 e. The summed E-state index contributed by atoms with van der Waals surface area (Å²) in [4.78, 5) is 23.2. The summed E-state index contributed by atoms with van der Waals surface area (Å²) in [6.07, 6.45) is 3.14. The molecule has 1 aromatic carbocycles. The Balaban J connectivity index is 1.71. The molecule has 0 radical (unpaired) electrons. The third-order valence-corrected chi connectivity index (χ3v) is 4.37. The summed E-state index contributed by atoms with van der Waals surface area (Å²) in [5.74, 6) is -0.883. The van der Waals surface area contributed by atoms with E-state index >= 15 is 0 Å². The van der Waals surface area contributed by atoms with Crippen molar-refractivity contribution in [1.29, 1.82) is 0 Å². The molecule has 5 heteroatoms. The van der Waals surface area contributed by atoms with Crippen LogP contribution in [0.2, 0.25) is 0 Å². The van der Waals surface area contributed by atoms with Gasteiger partial charge in [0.25, 0.3) is 0 Å². The molecule has 3 unspecified atom stereocenters. The van der Waals surface area contributed by atoms with Crippen LogP contribution in [0.3, 0.4) is 0 Å². The largest absolute Gasteiger partial charge is 0.478 e. The van der Waals surface area contributed by atoms with Gasteiger partial charge in [-0.15, -0.1) is 0 Å². The van der Waals surface area contributed by atoms with Crippen molar-refractivity contribution in [3.63, 3.8) is 0 Å². The number of carbonyl (C=O) groups is 2. The molecule has 20 heavy (non-hydrogen) atoms. The van der Waals surface area contributed by atoms with Gasteiger partial charge in [0.1, 0.15) is 0 Å². The van der Waals surface area contributed by atoms with E-state index in [1.807, 2.05) is 0 Å². The smallest absolute Gasteiger partial charge is 0.335 e. The molecule has 0 saturated carbocycles. The number of carbonyl (C=O) groups excluding carboxylic acids is 1. The summed E-state index contributed by atoms with van der Waals surface area (Å²) in [5.41, 5.74) is 1.71. The number of hydrogen-bond acceptors (Lipinski definition) is 3. The van der Waals surface area contributed by atoms with Crippen LogP contribution < -0.4 is 10.6 Å². The topological polar surface area (TPSA) is 78.4 Å². The number of aromatic carboxylic acids is 1. The van der Waals surface area contributed by atoms with Crippen molar-refractivity contribution in [2.45, 2.75) is 38.3 Å². The number of carboxylic acid groups (broad SMARTS) is 1. The van der Waals surface area contributed by atoms with Crippen molar-refractivity contribution in [1.82, 2.24) is 5.32 Å². The second-order valence-corrected chi connectivity index (χ2v) is 5.71. The molecule has 3 atom stereocenters. The Morgan fingerprint density at radius 1 is 1.35 bits per heavy atom. The van der Waals surface area contributed by atoms with Crippen LogP contribution in [0.1, 0.15) is 35.2 Å². The normalized spacial score (nSPS) is 27.6. The molecule has 2 aliphatic rings. The monoisotopic (exact) mass is 274 g/mol. The van der Waals surface area contributed by atoms with E-state index in [4.69, 9.17) is 5.11 Å². The third-order valence-electron chi connectivity index (χ3n) is 4.37. The standard InChI is InChI=1S/C15H18N2O3/c1-8-6-9(15(19)20)2-4-12(8)17-14(18)11-7-10-3-5-13(11)16-10/h2,4,6,10-11,13,16H,3,5,7H2,1H3,(H,17,18)(H,19,20). The van der Waals surface area contributed by atoms with E-state index in [0.717, 1.165) is 18.4 Å². The predicted molar refractivity (Wildman–Crippen MR) is 74.8 cm³/mol. The lowest BCUT2D eigenvalue weighted by molar-refractivity contribution is -0.120. The number of aryl methyl sites for hydroxylation is 1. The van der Waals surface area contributed by atoms with Gasteiger partial charge in [0.05, 0.1) is 11.5 Å². The fourth-order valence-electron chi connectivity index (χ4n) is 3.28. The molecule has 2 saturated heterocycles. The number of rotatable bonds is 3. The second-order valence-electron chi connectivity index (χ2n) is 5.71. The van der Waals surface area contributed by atoms with Crippen LogP contribution >= 0.6 is 0 Å². The highest BCUT2D eigenvalue weighted by Crippen LogP contribution is 2.34. The highest BCUT2D eigenvalue weighted by atomic mass is 16.4. The van der Waals surface area contributed by atoms with Gasteiger partial charge in [-0.2, -0.15) is 0 Å². The molecule has 106 valence electrons. The number of anilines is 1. The average Bonchev–Trinajstić information content (AvgIpc) is 3.03. The molecule has 2 fully saturated rings. The highest BCUT2D eigenvalue weighted by molar-refractivity contribution is 5.95. The number of carboxylic acids is 1. The zero-order valence-corrected chi connectivity index (χ0v) is 11.3. The second kappa shape index (κ2) is 4.90. The van der Waals surface area contributed by atoms with Gasteiger partial charge in [0.2, 0.25) is 5.91 Å². The van der Waals surface area contributed by atoms with Crippen molar-refractivity contribution in [2.24, 2.45) is 5.92 Å². The molecule has 2 heterocycles. The van der Waals surface area contributed by atoms with Crippen molar-refractivity contribution >= 4 is 17.6 Å². The maximum absolute atomic E-state index is 12.3. The van der Waals surface area contributed by atoms with Crippen LogP contribution in [0.25, 0.3) is 0 Å². The van der Waals surface area contributed by atoms with E-state index in [0.29, 0.717) is 17.8 Å². The molecule has 0 spiro atoms. The molecule has 0 aromatic heterocycles. The van der Waals surface area contributed by atoms with E-state index in [9.17, 15) is 9.59 Å². The van der Waals surface area contributed by atoms with E-state index in [1.54, 1.807) is 19.1 Å². The van der Waals surface area contributed by atoms with Gasteiger partial charge in [-0.3, -0.25) is 4.79 Å². The molecule has 3 N–H and O–H groups in total. The summed E-state index contributed by atoms with van der Waals surface area (Å²) in [6, 6.07) is 5.56. The van der Waals surface area contributed by atoms with Gasteiger partial charge in [0, 0.05) is 17.8 Å². The molecule has 2 bridgehead atoms. The van der Waals surface area contributed by atoms with Gasteiger partial charge in [-0.1, -0.05) is 0 Å². The molecular weight excluding hydrogens is 256 g/mol. The molecule has 1 amide bonds. The summed E-state index contributed by atoms with van der Waals surface area (Å²) in [6.45, 7) is 1.81. The first-order valence-electron chi connectivity index (χ1n) is 6.95. The van der Waals surface area contributed by atoms with Gasteiger partial charge in [0.15, 0.2) is 0 Å². The highest BCUT2D eigenvalue weighted by Gasteiger charge is 2.42. The lowest BCUT2D eigenvalue weighted by Gasteiger charge is -2.20. The van der Waals surface area contributed by atoms with Crippen LogP contribution in [-0.2, 0) is 4.79 Å². The number of amides is 1. The minimum absolute atomic E-state index is 0.0345. The van der Waals surface area contributed by atoms with Crippen LogP contribution in [-0.4, -0.2) is 29.1 Å². The van der Waals surface area contributed by atoms with Gasteiger partial charge in [-0.05, 0) is 49.9 Å². The summed E-state index contributed by atoms with van der Waals surface area (Å²) in [7, 11) is 0. The minimum atomic E-state index is -0.955. The number of nitrogens with one attached hydrogen (secondary N) is 2. The summed E-state index contributed by atoms with van der Waals surface area (Å²) in [5, 5.41) is 15.3. The maximum atomic E-state index is 12.3. The van der Waals surface area contributed by atoms with E-state index in [2.05, 4.69) is 10.6 Å². The van der Waals surface area contributed by atoms with E-state index in [1.165, 1.54) is 12.5 Å². The van der Waals surface area contributed by atoms with Gasteiger partial charge >= 0.3 is 5.97 Å². The Bertz CT molecular complexity index is 570. The molecule has 5 nitrogen and oxygen atoms in total. The number of hydrogen-bond donors (Lipinski definition) is 3. The van der Waals surface area contributed by atoms with Crippen molar-refractivity contribution < 1.29 is 14.7 Å². The first-order valence-corrected chi connectivity index (χ1v) is 6.95. The first kappa shape index (κ1) is 13.1. The third kappa shape index (κ3) is 2.29. The Labute approximate surface area is 117 Å². The van der Waals surface area contributed by atoms with Gasteiger partial charge < -0.3 is 15.7 Å². The summed E-state index contributed by atoms with van der Waals surface area (Å²) >= 11 is 0. The van der Waals surface area contributed by atoms with Crippen LogP contribution in [0.5, 0.6) is 0 Å². The lowest BCUT2D eigenvalue weighted by Crippen LogP contribution is -2.33. The summed E-state index contributed by atoms with van der Waals surface area (Å²) < 4.78 is 0. The van der Waals surface area contributed by atoms with Crippen LogP contribution in [0, 0.1) is 12.8 Å². The Hall–Kier alpha value is -1.88. The SMILES string of the molecule is Cc1cc(C(=O)O)ccc1NC(=O)C1CC2CCC1N2. The van der Waals surface area contributed by atoms with Gasteiger partial charge in [-0.25, -0.2) is 4.79 Å². The first-order chi connectivity index (χ1) is 9.54. The fourth-order valence-corrected chi connectivity index (χ4v) is 3.28. The Morgan fingerprint density at radius 2 is 2.15 bits per heavy atom. The average molecular weight is 274 g/mol. The molecule has 2 aliphatic heterocycles. The fraction of sp³-hybridized carbons (Fsp3) is 0.467. The molecule has 1 aromatic rings. The zero-order valence-electron chi connectivity index (χ0n) is 11.3. The molecule has 0 aliphatic carbocycles. The quantitative estimate of drug-likeness (QED) is 0.785. The van der Waals surface area contributed by atoms with E-state index < -0.39 is 5.97 Å². The Morgan fingerprint density at radius 3 is 2.70 bits per heavy atom. The van der Waals surface area contributed by atoms with Crippen molar-refractivity contribution in [3.8, 4) is 0 Å². The van der Waals surface area contributed by atoms with Crippen LogP contribution in [0.4, 0.5) is 5.69 Å². The van der Waals surface area contributed by atoms with E-state index in [-0.39, 0.29) is 17.4 Å². The molecule has 3 rings (SSSR count). The number of fused-ring (bicyclic) bond motifs is 2. The number of benzene rings is 1. The zero-order chi connectivity index (χ0) is 14.3. The maximum Gasteiger partial charge on any atom is 0.335 e.